The molecule has 1 amide bonds. The van der Waals surface area contributed by atoms with Crippen molar-refractivity contribution in [1.82, 2.24) is 4.37 Å². The highest BCUT2D eigenvalue weighted by molar-refractivity contribution is 7.11. The number of anilines is 2. The summed E-state index contributed by atoms with van der Waals surface area (Å²) in [6, 6.07) is 0. The number of rotatable bonds is 2. The van der Waals surface area contributed by atoms with Crippen LogP contribution < -0.4 is 16.4 Å². The zero-order valence-corrected chi connectivity index (χ0v) is 12.5. The van der Waals surface area contributed by atoms with Crippen molar-refractivity contribution in [2.24, 2.45) is 11.1 Å². The Kier molecular flexibility index (Phi) is 3.58. The van der Waals surface area contributed by atoms with Crippen molar-refractivity contribution in [2.45, 2.75) is 44.9 Å². The molecule has 0 atom stereocenters. The quantitative estimate of drug-likeness (QED) is 0.877. The molecule has 0 radical (unpaired) electrons. The minimum atomic E-state index is -0.468. The summed E-state index contributed by atoms with van der Waals surface area (Å²) in [7, 11) is 0. The second-order valence-electron chi connectivity index (χ2n) is 6.16. The van der Waals surface area contributed by atoms with E-state index in [1.807, 2.05) is 0 Å². The molecule has 110 valence electrons. The van der Waals surface area contributed by atoms with Crippen molar-refractivity contribution in [1.29, 1.82) is 0 Å². The third-order valence-electron chi connectivity index (χ3n) is 4.97. The Hall–Kier alpha value is -1.30. The highest BCUT2D eigenvalue weighted by Crippen LogP contribution is 2.46. The van der Waals surface area contributed by atoms with E-state index in [-0.39, 0.29) is 5.82 Å². The van der Waals surface area contributed by atoms with Gasteiger partial charge in [-0.25, -0.2) is 0 Å². The van der Waals surface area contributed by atoms with Gasteiger partial charge in [-0.3, -0.25) is 4.79 Å². The zero-order valence-electron chi connectivity index (χ0n) is 11.7. The first-order valence-electron chi connectivity index (χ1n) is 7.41. The maximum atomic E-state index is 11.5. The van der Waals surface area contributed by atoms with Gasteiger partial charge in [-0.2, -0.15) is 4.37 Å². The van der Waals surface area contributed by atoms with Gasteiger partial charge in [0.2, 0.25) is 0 Å². The number of hydrogen-bond donors (Lipinski definition) is 2. The molecule has 2 fully saturated rings. The van der Waals surface area contributed by atoms with Gasteiger partial charge in [0, 0.05) is 13.1 Å². The number of amides is 1. The molecule has 0 unspecified atom stereocenters. The number of hydrogen-bond acceptors (Lipinski definition) is 5. The first-order chi connectivity index (χ1) is 9.61. The monoisotopic (exact) mass is 294 g/mol. The van der Waals surface area contributed by atoms with E-state index in [4.69, 9.17) is 11.5 Å². The highest BCUT2D eigenvalue weighted by Gasteiger charge is 2.36. The summed E-state index contributed by atoms with van der Waals surface area (Å²) in [6.07, 6.45) is 9.30. The van der Waals surface area contributed by atoms with Crippen molar-refractivity contribution in [3.05, 3.63) is 5.56 Å². The molecule has 6 heteroatoms. The molecule has 5 nitrogen and oxygen atoms in total. The molecule has 2 aliphatic rings. The number of primary amides is 1. The standard InChI is InChI=1S/C14H22N4OS/c15-11-10(12(16)19)13(20-17-11)18-8-6-14(7-9-18)4-2-1-3-5-14/h1-9H2,(H2,15,17)(H2,16,19). The SMILES string of the molecule is NC(=O)c1c(N)nsc1N1CCC2(CCCCC2)CC1. The smallest absolute Gasteiger partial charge is 0.255 e. The van der Waals surface area contributed by atoms with Crippen LogP contribution in [-0.4, -0.2) is 23.4 Å². The molecule has 1 spiro atoms. The number of nitrogens with zero attached hydrogens (tertiary/aromatic N) is 2. The lowest BCUT2D eigenvalue weighted by molar-refractivity contribution is 0.100. The first-order valence-corrected chi connectivity index (χ1v) is 8.19. The van der Waals surface area contributed by atoms with Gasteiger partial charge < -0.3 is 16.4 Å². The van der Waals surface area contributed by atoms with Crippen LogP contribution in [0, 0.1) is 5.41 Å². The van der Waals surface area contributed by atoms with Gasteiger partial charge in [0.1, 0.15) is 10.6 Å². The van der Waals surface area contributed by atoms with Crippen LogP contribution >= 0.6 is 11.5 Å². The third kappa shape index (κ3) is 2.37. The van der Waals surface area contributed by atoms with Gasteiger partial charge in [-0.1, -0.05) is 19.3 Å². The van der Waals surface area contributed by atoms with Crippen LogP contribution in [-0.2, 0) is 0 Å². The van der Waals surface area contributed by atoms with Crippen molar-refractivity contribution in [2.75, 3.05) is 23.7 Å². The molecule has 4 N–H and O–H groups in total. The van der Waals surface area contributed by atoms with Crippen LogP contribution in [0.4, 0.5) is 10.8 Å². The Morgan fingerprint density at radius 1 is 1.15 bits per heavy atom. The van der Waals surface area contributed by atoms with Gasteiger partial charge in [0.25, 0.3) is 5.91 Å². The van der Waals surface area contributed by atoms with Gasteiger partial charge in [-0.05, 0) is 42.6 Å². The maximum Gasteiger partial charge on any atom is 0.255 e. The Morgan fingerprint density at radius 3 is 2.40 bits per heavy atom. The van der Waals surface area contributed by atoms with E-state index in [2.05, 4.69) is 9.27 Å². The van der Waals surface area contributed by atoms with E-state index >= 15 is 0 Å². The summed E-state index contributed by atoms with van der Waals surface area (Å²) in [4.78, 5) is 13.8. The summed E-state index contributed by atoms with van der Waals surface area (Å²) in [5.74, 6) is -0.195. The van der Waals surface area contributed by atoms with Crippen LogP contribution in [0.15, 0.2) is 0 Å². The number of carbonyl (C=O) groups excluding carboxylic acids is 1. The molecule has 0 bridgehead atoms. The summed E-state index contributed by atoms with van der Waals surface area (Å²) in [5, 5.41) is 0.862. The fourth-order valence-corrected chi connectivity index (χ4v) is 4.60. The van der Waals surface area contributed by atoms with Crippen molar-refractivity contribution in [3.63, 3.8) is 0 Å². The van der Waals surface area contributed by atoms with E-state index in [1.165, 1.54) is 56.5 Å². The largest absolute Gasteiger partial charge is 0.382 e. The number of nitrogen functional groups attached to an aromatic ring is 1. The van der Waals surface area contributed by atoms with Crippen molar-refractivity contribution in [3.8, 4) is 0 Å². The number of nitrogens with two attached hydrogens (primary N) is 2. The summed E-state index contributed by atoms with van der Waals surface area (Å²) in [5.41, 5.74) is 12.1. The van der Waals surface area contributed by atoms with E-state index in [9.17, 15) is 4.79 Å². The Bertz CT molecular complexity index is 497. The number of carbonyl (C=O) groups is 1. The third-order valence-corrected chi connectivity index (χ3v) is 5.90. The average molecular weight is 294 g/mol. The first kappa shape index (κ1) is 13.7. The van der Waals surface area contributed by atoms with Gasteiger partial charge in [-0.15, -0.1) is 0 Å². The number of aromatic nitrogens is 1. The summed E-state index contributed by atoms with van der Waals surface area (Å²) in [6.45, 7) is 1.98. The predicted molar refractivity (Wildman–Crippen MR) is 82.0 cm³/mol. The predicted octanol–water partition coefficient (Wildman–Crippen LogP) is 2.37. The zero-order chi connectivity index (χ0) is 14.2. The molecule has 1 saturated carbocycles. The molecule has 1 aliphatic heterocycles. The molecule has 20 heavy (non-hydrogen) atoms. The molecule has 2 heterocycles. The van der Waals surface area contributed by atoms with Crippen molar-refractivity contribution >= 4 is 28.3 Å². The van der Waals surface area contributed by atoms with Crippen LogP contribution in [0.5, 0.6) is 0 Å². The molecule has 1 aromatic rings. The molecule has 0 aromatic carbocycles. The van der Waals surface area contributed by atoms with Crippen LogP contribution in [0.3, 0.4) is 0 Å². The molecule has 1 aliphatic carbocycles. The minimum absolute atomic E-state index is 0.274. The topological polar surface area (TPSA) is 85.2 Å². The molecule has 1 saturated heterocycles. The average Bonchev–Trinajstić information content (AvgIpc) is 2.82. The highest BCUT2D eigenvalue weighted by atomic mass is 32.1. The van der Waals surface area contributed by atoms with Gasteiger partial charge in [0.05, 0.1) is 0 Å². The van der Waals surface area contributed by atoms with Crippen molar-refractivity contribution < 1.29 is 4.79 Å². The Balaban J connectivity index is 1.73. The van der Waals surface area contributed by atoms with Crippen LogP contribution in [0.2, 0.25) is 0 Å². The summed E-state index contributed by atoms with van der Waals surface area (Å²) >= 11 is 1.30. The van der Waals surface area contributed by atoms with Gasteiger partial charge in [0.15, 0.2) is 5.82 Å². The normalized spacial score (nSPS) is 22.1. The Labute approximate surface area is 123 Å². The van der Waals surface area contributed by atoms with Crippen LogP contribution in [0.1, 0.15) is 55.3 Å². The van der Waals surface area contributed by atoms with Crippen LogP contribution in [0.25, 0.3) is 0 Å². The second-order valence-corrected chi connectivity index (χ2v) is 6.91. The Morgan fingerprint density at radius 2 is 1.80 bits per heavy atom. The van der Waals surface area contributed by atoms with E-state index in [0.29, 0.717) is 11.0 Å². The summed E-state index contributed by atoms with van der Waals surface area (Å²) < 4.78 is 4.09. The molecular formula is C14H22N4OS. The number of piperidine rings is 1. The molecule has 1 aromatic heterocycles. The minimum Gasteiger partial charge on any atom is -0.382 e. The second kappa shape index (κ2) is 5.24. The van der Waals surface area contributed by atoms with E-state index in [0.717, 1.165) is 18.1 Å². The maximum absolute atomic E-state index is 11.5. The van der Waals surface area contributed by atoms with E-state index < -0.39 is 5.91 Å². The van der Waals surface area contributed by atoms with Gasteiger partial charge >= 0.3 is 0 Å². The molecular weight excluding hydrogens is 272 g/mol. The lowest BCUT2D eigenvalue weighted by Crippen LogP contribution is -2.41. The molecule has 3 rings (SSSR count). The van der Waals surface area contributed by atoms with E-state index in [1.54, 1.807) is 0 Å². The fraction of sp³-hybridized carbons (Fsp3) is 0.714. The lowest BCUT2D eigenvalue weighted by atomic mass is 9.68. The fourth-order valence-electron chi connectivity index (χ4n) is 3.73. The lowest BCUT2D eigenvalue weighted by Gasteiger charge is -2.44.